The van der Waals surface area contributed by atoms with Gasteiger partial charge in [-0.2, -0.15) is 8.42 Å². The Balaban J connectivity index is 1.75. The van der Waals surface area contributed by atoms with Gasteiger partial charge in [0.2, 0.25) is 0 Å². The molecule has 3 aromatic rings. The molecule has 3 rings (SSSR count). The Morgan fingerprint density at radius 2 is 1.66 bits per heavy atom. The number of amides is 2. The van der Waals surface area contributed by atoms with Crippen LogP contribution in [0.25, 0.3) is 0 Å². The smallest absolute Gasteiger partial charge is 0.339 e. The van der Waals surface area contributed by atoms with Crippen molar-refractivity contribution in [3.8, 4) is 5.75 Å². The van der Waals surface area contributed by atoms with Crippen LogP contribution in [-0.4, -0.2) is 25.4 Å². The van der Waals surface area contributed by atoms with Crippen LogP contribution in [-0.2, 0) is 16.7 Å². The summed E-state index contributed by atoms with van der Waals surface area (Å²) in [5.74, 6) is -0.0245. The van der Waals surface area contributed by atoms with Crippen LogP contribution in [0.2, 0.25) is 0 Å². The molecule has 2 amide bonds. The van der Waals surface area contributed by atoms with Crippen molar-refractivity contribution in [2.75, 3.05) is 5.32 Å². The molecule has 0 aliphatic heterocycles. The van der Waals surface area contributed by atoms with Gasteiger partial charge in [0.25, 0.3) is 0 Å². The van der Waals surface area contributed by atoms with Crippen molar-refractivity contribution in [3.63, 3.8) is 0 Å². The second kappa shape index (κ2) is 11.4. The van der Waals surface area contributed by atoms with Crippen LogP contribution in [0.15, 0.2) is 77.7 Å². The van der Waals surface area contributed by atoms with E-state index in [-0.39, 0.29) is 29.3 Å². The molecule has 6 nitrogen and oxygen atoms in total. The molecule has 0 radical (unpaired) electrons. The number of anilines is 1. The zero-order valence-electron chi connectivity index (χ0n) is 20.4. The molecule has 0 bridgehead atoms. The van der Waals surface area contributed by atoms with E-state index in [0.717, 1.165) is 30.7 Å². The van der Waals surface area contributed by atoms with E-state index in [1.54, 1.807) is 23.1 Å². The first kappa shape index (κ1) is 26.2. The fourth-order valence-electron chi connectivity index (χ4n) is 3.46. The van der Waals surface area contributed by atoms with E-state index < -0.39 is 15.9 Å². The molecule has 0 aliphatic carbocycles. The zero-order chi connectivity index (χ0) is 25.6. The lowest BCUT2D eigenvalue weighted by molar-refractivity contribution is 0.187. The van der Waals surface area contributed by atoms with E-state index in [1.807, 2.05) is 38.1 Å². The van der Waals surface area contributed by atoms with Crippen molar-refractivity contribution in [1.29, 1.82) is 0 Å². The van der Waals surface area contributed by atoms with Crippen molar-refractivity contribution in [1.82, 2.24) is 4.90 Å². The number of carbonyl (C=O) groups excluding carboxylic acids is 1. The normalized spacial score (nSPS) is 12.3. The van der Waals surface area contributed by atoms with E-state index in [0.29, 0.717) is 17.2 Å². The summed E-state index contributed by atoms with van der Waals surface area (Å²) >= 11 is 0. The topological polar surface area (TPSA) is 75.7 Å². The molecule has 0 aromatic heterocycles. The van der Waals surface area contributed by atoms with E-state index in [9.17, 15) is 17.6 Å². The van der Waals surface area contributed by atoms with Gasteiger partial charge in [0.15, 0.2) is 0 Å². The lowest BCUT2D eigenvalue weighted by atomic mass is 10.0. The van der Waals surface area contributed by atoms with Crippen LogP contribution in [0.4, 0.5) is 14.9 Å². The highest BCUT2D eigenvalue weighted by Crippen LogP contribution is 2.23. The molecule has 1 N–H and O–H groups in total. The zero-order valence-corrected chi connectivity index (χ0v) is 21.2. The van der Waals surface area contributed by atoms with Gasteiger partial charge in [-0.1, -0.05) is 45.0 Å². The average molecular weight is 499 g/mol. The molecule has 0 fully saturated rings. The Morgan fingerprint density at radius 1 is 1.00 bits per heavy atom. The first-order valence-electron chi connectivity index (χ1n) is 11.6. The molecular weight excluding hydrogens is 467 g/mol. The summed E-state index contributed by atoms with van der Waals surface area (Å²) in [7, 11) is -4.12. The summed E-state index contributed by atoms with van der Waals surface area (Å²) in [6, 6.07) is 18.5. The van der Waals surface area contributed by atoms with Crippen molar-refractivity contribution < 1.29 is 21.8 Å². The average Bonchev–Trinajstić information content (AvgIpc) is 2.82. The van der Waals surface area contributed by atoms with Crippen molar-refractivity contribution in [2.45, 2.75) is 57.5 Å². The quantitative estimate of drug-likeness (QED) is 0.340. The second-order valence-electron chi connectivity index (χ2n) is 8.73. The van der Waals surface area contributed by atoms with Crippen LogP contribution in [0.3, 0.4) is 0 Å². The summed E-state index contributed by atoms with van der Waals surface area (Å²) in [6.45, 7) is 8.44. The van der Waals surface area contributed by atoms with Crippen molar-refractivity contribution in [2.24, 2.45) is 0 Å². The van der Waals surface area contributed by atoms with Gasteiger partial charge in [0.05, 0.1) is 0 Å². The van der Waals surface area contributed by atoms with Gasteiger partial charge in [0.1, 0.15) is 16.5 Å². The molecule has 0 saturated heterocycles. The Labute approximate surface area is 206 Å². The van der Waals surface area contributed by atoms with Gasteiger partial charge in [-0.25, -0.2) is 9.18 Å². The largest absolute Gasteiger partial charge is 0.379 e. The fraction of sp³-hybridized carbons (Fsp3) is 0.296. The van der Waals surface area contributed by atoms with Crippen LogP contribution in [0.1, 0.15) is 51.2 Å². The highest BCUT2D eigenvalue weighted by Gasteiger charge is 2.21. The predicted octanol–water partition coefficient (Wildman–Crippen LogP) is 6.55. The van der Waals surface area contributed by atoms with Gasteiger partial charge in [-0.3, -0.25) is 0 Å². The van der Waals surface area contributed by atoms with Gasteiger partial charge >= 0.3 is 16.1 Å². The van der Waals surface area contributed by atoms with Gasteiger partial charge in [0, 0.05) is 18.3 Å². The number of rotatable bonds is 9. The monoisotopic (exact) mass is 498 g/mol. The van der Waals surface area contributed by atoms with E-state index in [1.165, 1.54) is 11.6 Å². The molecule has 1 atom stereocenters. The first-order chi connectivity index (χ1) is 16.6. The molecular formula is C27H31FN2O4S. The predicted molar refractivity (Wildman–Crippen MR) is 136 cm³/mol. The minimum absolute atomic E-state index is 0.0579. The fourth-order valence-corrected chi connectivity index (χ4v) is 4.39. The lowest BCUT2D eigenvalue weighted by Gasteiger charge is -2.29. The SMILES string of the molecule is CCC(C)N(Cc1cccc(OS(=O)(=O)c2ccc(F)cc2)c1)C(=O)Nc1ccc(C(C)C)cc1. The molecule has 0 spiro atoms. The van der Waals surface area contributed by atoms with Crippen LogP contribution >= 0.6 is 0 Å². The Hall–Kier alpha value is -3.39. The summed E-state index contributed by atoms with van der Waals surface area (Å²) in [5, 5.41) is 2.95. The molecule has 35 heavy (non-hydrogen) atoms. The van der Waals surface area contributed by atoms with Crippen LogP contribution in [0.5, 0.6) is 5.75 Å². The Morgan fingerprint density at radius 3 is 2.26 bits per heavy atom. The molecule has 186 valence electrons. The number of urea groups is 1. The molecule has 8 heteroatoms. The number of nitrogens with one attached hydrogen (secondary N) is 1. The number of benzene rings is 3. The molecule has 0 aliphatic rings. The summed E-state index contributed by atoms with van der Waals surface area (Å²) in [6.07, 6.45) is 0.745. The second-order valence-corrected chi connectivity index (χ2v) is 10.3. The van der Waals surface area contributed by atoms with E-state index >= 15 is 0 Å². The standard InChI is InChI=1S/C27H31FN2O4S/c1-5-20(4)30(27(31)29-24-13-9-22(10-14-24)19(2)3)18-21-7-6-8-25(17-21)34-35(32,33)26-15-11-23(28)12-16-26/h6-17,19-20H,5,18H2,1-4H3,(H,29,31). The van der Waals surface area contributed by atoms with Gasteiger partial charge in [-0.15, -0.1) is 0 Å². The van der Waals surface area contributed by atoms with Crippen molar-refractivity contribution in [3.05, 3.63) is 89.7 Å². The number of halogens is 1. The van der Waals surface area contributed by atoms with E-state index in [4.69, 9.17) is 4.18 Å². The molecule has 0 heterocycles. The van der Waals surface area contributed by atoms with Crippen molar-refractivity contribution >= 4 is 21.8 Å². The third-order valence-corrected chi connectivity index (χ3v) is 7.03. The Kier molecular flexibility index (Phi) is 8.51. The third kappa shape index (κ3) is 7.05. The molecule has 0 saturated carbocycles. The minimum atomic E-state index is -4.12. The first-order valence-corrected chi connectivity index (χ1v) is 13.0. The van der Waals surface area contributed by atoms with Gasteiger partial charge in [-0.05, 0) is 78.9 Å². The lowest BCUT2D eigenvalue weighted by Crippen LogP contribution is -2.40. The maximum Gasteiger partial charge on any atom is 0.339 e. The minimum Gasteiger partial charge on any atom is -0.379 e. The maximum atomic E-state index is 13.1. The summed E-state index contributed by atoms with van der Waals surface area (Å²) < 4.78 is 43.5. The number of nitrogens with zero attached hydrogens (tertiary/aromatic N) is 1. The summed E-state index contributed by atoms with van der Waals surface area (Å²) in [4.78, 5) is 14.7. The summed E-state index contributed by atoms with van der Waals surface area (Å²) in [5.41, 5.74) is 2.60. The molecule has 3 aromatic carbocycles. The third-order valence-electron chi connectivity index (χ3n) is 5.77. The maximum absolute atomic E-state index is 13.1. The number of hydrogen-bond acceptors (Lipinski definition) is 4. The molecule has 1 unspecified atom stereocenters. The van der Waals surface area contributed by atoms with Gasteiger partial charge < -0.3 is 14.4 Å². The van der Waals surface area contributed by atoms with E-state index in [2.05, 4.69) is 19.2 Å². The number of carbonyl (C=O) groups is 1. The highest BCUT2D eigenvalue weighted by atomic mass is 32.2. The van der Waals surface area contributed by atoms with Crippen LogP contribution < -0.4 is 9.50 Å². The number of hydrogen-bond donors (Lipinski definition) is 1. The van der Waals surface area contributed by atoms with Crippen LogP contribution in [0, 0.1) is 5.82 Å². The highest BCUT2D eigenvalue weighted by molar-refractivity contribution is 7.87. The Bertz CT molecular complexity index is 1240.